The molecule has 9 heteroatoms. The van der Waals surface area contributed by atoms with Gasteiger partial charge in [-0.3, -0.25) is 19.5 Å². The molecule has 0 radical (unpaired) electrons. The molecule has 0 bridgehead atoms. The van der Waals surface area contributed by atoms with Gasteiger partial charge in [-0.2, -0.15) is 0 Å². The molecule has 0 aliphatic heterocycles. The lowest BCUT2D eigenvalue weighted by Gasteiger charge is -2.14. The van der Waals surface area contributed by atoms with Gasteiger partial charge in [-0.1, -0.05) is 29.8 Å². The van der Waals surface area contributed by atoms with E-state index in [0.29, 0.717) is 20.9 Å². The monoisotopic (exact) mass is 467 g/mol. The van der Waals surface area contributed by atoms with E-state index in [2.05, 4.69) is 0 Å². The first-order valence-corrected chi connectivity index (χ1v) is 11.4. The molecule has 0 atom stereocenters. The van der Waals surface area contributed by atoms with Crippen LogP contribution in [0.1, 0.15) is 28.8 Å². The van der Waals surface area contributed by atoms with Crippen LogP contribution in [0, 0.1) is 10.1 Å². The van der Waals surface area contributed by atoms with Gasteiger partial charge in [0.2, 0.25) is 0 Å². The maximum atomic E-state index is 13.6. The van der Waals surface area contributed by atoms with Gasteiger partial charge >= 0.3 is 5.69 Å². The van der Waals surface area contributed by atoms with E-state index in [0.717, 1.165) is 41.7 Å². The van der Waals surface area contributed by atoms with E-state index in [1.165, 1.54) is 28.0 Å². The zero-order valence-corrected chi connectivity index (χ0v) is 18.5. The predicted molar refractivity (Wildman–Crippen MR) is 126 cm³/mol. The molecule has 7 nitrogen and oxygen atoms in total. The Morgan fingerprint density at radius 2 is 1.81 bits per heavy atom. The van der Waals surface area contributed by atoms with Crippen molar-refractivity contribution in [3.8, 4) is 5.69 Å². The Labute approximate surface area is 191 Å². The molecule has 0 amide bonds. The number of thiophene rings is 1. The number of fused-ring (bicyclic) bond motifs is 3. The lowest BCUT2D eigenvalue weighted by molar-refractivity contribution is -0.384. The normalized spacial score (nSPS) is 13.3. The number of hydrogen-bond acceptors (Lipinski definition) is 5. The second-order valence-corrected chi connectivity index (χ2v) is 9.32. The highest BCUT2D eigenvalue weighted by atomic mass is 35.5. The minimum Gasteiger partial charge on any atom is -0.280 e. The summed E-state index contributed by atoms with van der Waals surface area (Å²) in [6.45, 7) is 0.202. The number of benzene rings is 2. The second-order valence-electron chi connectivity index (χ2n) is 7.80. The van der Waals surface area contributed by atoms with Crippen LogP contribution >= 0.6 is 22.9 Å². The van der Waals surface area contributed by atoms with Crippen molar-refractivity contribution in [1.82, 2.24) is 9.13 Å². The Kier molecular flexibility index (Phi) is 5.19. The fourth-order valence-electron chi connectivity index (χ4n) is 4.26. The van der Waals surface area contributed by atoms with Crippen molar-refractivity contribution in [2.24, 2.45) is 0 Å². The molecule has 32 heavy (non-hydrogen) atoms. The Morgan fingerprint density at radius 3 is 2.53 bits per heavy atom. The molecule has 2 heterocycles. The zero-order chi connectivity index (χ0) is 22.4. The number of non-ortho nitro benzene ring substituents is 1. The van der Waals surface area contributed by atoms with Crippen molar-refractivity contribution in [1.29, 1.82) is 0 Å². The number of nitrogens with zero attached hydrogens (tertiary/aromatic N) is 3. The van der Waals surface area contributed by atoms with Crippen LogP contribution in [0.5, 0.6) is 0 Å². The molecule has 5 rings (SSSR count). The van der Waals surface area contributed by atoms with E-state index in [1.54, 1.807) is 41.0 Å². The average Bonchev–Trinajstić information content (AvgIpc) is 3.17. The topological polar surface area (TPSA) is 87.1 Å². The molecule has 1 aliphatic carbocycles. The first-order valence-electron chi connectivity index (χ1n) is 10.2. The van der Waals surface area contributed by atoms with Crippen molar-refractivity contribution >= 4 is 38.8 Å². The van der Waals surface area contributed by atoms with Crippen molar-refractivity contribution in [2.45, 2.75) is 32.2 Å². The number of nitro groups is 1. The number of rotatable bonds is 4. The summed E-state index contributed by atoms with van der Waals surface area (Å²) in [5, 5.41) is 12.0. The van der Waals surface area contributed by atoms with Crippen LogP contribution in [0.15, 0.2) is 58.1 Å². The molecule has 4 aromatic rings. The van der Waals surface area contributed by atoms with Gasteiger partial charge in [0.15, 0.2) is 0 Å². The van der Waals surface area contributed by atoms with Crippen LogP contribution in [0.25, 0.3) is 15.9 Å². The largest absolute Gasteiger partial charge is 0.337 e. The summed E-state index contributed by atoms with van der Waals surface area (Å²) < 4.78 is 2.78. The van der Waals surface area contributed by atoms with Crippen LogP contribution < -0.4 is 11.2 Å². The Balaban J connectivity index is 1.77. The van der Waals surface area contributed by atoms with Gasteiger partial charge in [-0.25, -0.2) is 9.36 Å². The lowest BCUT2D eigenvalue weighted by atomic mass is 9.97. The summed E-state index contributed by atoms with van der Waals surface area (Å²) in [5.74, 6) is 0. The van der Waals surface area contributed by atoms with Crippen LogP contribution in [-0.4, -0.2) is 14.1 Å². The molecule has 0 unspecified atom stereocenters. The van der Waals surface area contributed by atoms with Crippen LogP contribution in [0.2, 0.25) is 5.02 Å². The molecule has 0 fully saturated rings. The lowest BCUT2D eigenvalue weighted by Crippen LogP contribution is -2.39. The molecule has 0 saturated heterocycles. The van der Waals surface area contributed by atoms with Gasteiger partial charge in [0.05, 0.1) is 22.5 Å². The fourth-order valence-corrected chi connectivity index (χ4v) is 5.81. The van der Waals surface area contributed by atoms with Crippen molar-refractivity contribution < 1.29 is 4.92 Å². The van der Waals surface area contributed by atoms with Crippen LogP contribution in [0.4, 0.5) is 5.69 Å². The zero-order valence-electron chi connectivity index (χ0n) is 16.9. The molecule has 162 valence electrons. The van der Waals surface area contributed by atoms with Crippen LogP contribution in [-0.2, 0) is 19.4 Å². The van der Waals surface area contributed by atoms with E-state index in [1.807, 2.05) is 0 Å². The number of aryl methyl sites for hydroxylation is 2. The Morgan fingerprint density at radius 1 is 1.06 bits per heavy atom. The quantitative estimate of drug-likeness (QED) is 0.321. The van der Waals surface area contributed by atoms with E-state index >= 15 is 0 Å². The molecule has 0 N–H and O–H groups in total. The predicted octanol–water partition coefficient (Wildman–Crippen LogP) is 4.70. The summed E-state index contributed by atoms with van der Waals surface area (Å²) in [4.78, 5) is 39.5. The number of halogens is 1. The van der Waals surface area contributed by atoms with Crippen molar-refractivity contribution in [3.63, 3.8) is 0 Å². The molecule has 2 aromatic heterocycles. The van der Waals surface area contributed by atoms with Crippen LogP contribution in [0.3, 0.4) is 0 Å². The fraction of sp³-hybridized carbons (Fsp3) is 0.217. The summed E-state index contributed by atoms with van der Waals surface area (Å²) in [5.41, 5.74) is 1.40. The molecule has 1 aliphatic rings. The third-order valence-electron chi connectivity index (χ3n) is 5.79. The van der Waals surface area contributed by atoms with Gasteiger partial charge in [0.1, 0.15) is 4.83 Å². The van der Waals surface area contributed by atoms with Gasteiger partial charge in [0.25, 0.3) is 11.2 Å². The highest BCUT2D eigenvalue weighted by Crippen LogP contribution is 2.34. The first-order chi connectivity index (χ1) is 15.4. The minimum absolute atomic E-state index is 0.0123. The summed E-state index contributed by atoms with van der Waals surface area (Å²) in [6, 6.07) is 12.8. The minimum atomic E-state index is -0.458. The van der Waals surface area contributed by atoms with E-state index in [-0.39, 0.29) is 17.8 Å². The third-order valence-corrected chi connectivity index (χ3v) is 7.34. The highest BCUT2D eigenvalue weighted by molar-refractivity contribution is 7.18. The molecular weight excluding hydrogens is 450 g/mol. The first kappa shape index (κ1) is 20.7. The third kappa shape index (κ3) is 3.45. The number of aromatic nitrogens is 2. The van der Waals surface area contributed by atoms with Crippen molar-refractivity contribution in [2.75, 3.05) is 0 Å². The molecule has 0 spiro atoms. The van der Waals surface area contributed by atoms with Crippen molar-refractivity contribution in [3.05, 3.63) is 101 Å². The summed E-state index contributed by atoms with van der Waals surface area (Å²) >= 11 is 7.65. The summed E-state index contributed by atoms with van der Waals surface area (Å²) in [7, 11) is 0. The SMILES string of the molecule is O=c1c2c3c(sc2n(Cc2ccc([N+](=O)[O-])cc2)c(=O)n1-c1cccc(Cl)c1)CCCC3. The molecular formula is C23H18ClN3O4S. The van der Waals surface area contributed by atoms with Gasteiger partial charge in [-0.15, -0.1) is 11.3 Å². The smallest absolute Gasteiger partial charge is 0.280 e. The van der Waals surface area contributed by atoms with Gasteiger partial charge in [-0.05, 0) is 55.0 Å². The molecule has 0 saturated carbocycles. The van der Waals surface area contributed by atoms with E-state index in [9.17, 15) is 19.7 Å². The standard InChI is InChI=1S/C23H18ClN3O4S/c24-15-4-3-5-17(12-15)26-21(28)20-18-6-1-2-7-19(18)32-22(20)25(23(26)29)13-14-8-10-16(11-9-14)27(30)31/h3-5,8-12H,1-2,6-7,13H2. The van der Waals surface area contributed by atoms with Gasteiger partial charge in [0, 0.05) is 22.0 Å². The Hall–Kier alpha value is -3.23. The summed E-state index contributed by atoms with van der Waals surface area (Å²) in [6.07, 6.45) is 3.79. The van der Waals surface area contributed by atoms with E-state index in [4.69, 9.17) is 11.6 Å². The molecule has 2 aromatic carbocycles. The maximum Gasteiger partial charge on any atom is 0.337 e. The maximum absolute atomic E-state index is 13.6. The highest BCUT2D eigenvalue weighted by Gasteiger charge is 2.24. The number of hydrogen-bond donors (Lipinski definition) is 0. The average molecular weight is 468 g/mol. The Bertz CT molecular complexity index is 1480. The number of nitro benzene ring substituents is 1. The van der Waals surface area contributed by atoms with Gasteiger partial charge < -0.3 is 0 Å². The second kappa shape index (κ2) is 8.03. The van der Waals surface area contributed by atoms with E-state index < -0.39 is 10.6 Å².